The second-order valence-electron chi connectivity index (χ2n) is 6.82. The number of para-hydroxylation sites is 1. The Morgan fingerprint density at radius 2 is 1.77 bits per heavy atom. The molecule has 0 spiro atoms. The van der Waals surface area contributed by atoms with E-state index in [4.69, 9.17) is 9.47 Å². The summed E-state index contributed by atoms with van der Waals surface area (Å²) in [6.45, 7) is 3.88. The van der Waals surface area contributed by atoms with Crippen molar-refractivity contribution < 1.29 is 28.7 Å². The van der Waals surface area contributed by atoms with Crippen molar-refractivity contribution in [2.75, 3.05) is 25.2 Å². The Hall–Kier alpha value is -3.52. The molecule has 0 saturated carbocycles. The lowest BCUT2D eigenvalue weighted by molar-refractivity contribution is -0.129. The predicted octanol–water partition coefficient (Wildman–Crippen LogP) is 2.10. The molecule has 0 fully saturated rings. The topological polar surface area (TPSA) is 102 Å². The first-order chi connectivity index (χ1) is 14.3. The lowest BCUT2D eigenvalue weighted by Crippen LogP contribution is -2.37. The van der Waals surface area contributed by atoms with Gasteiger partial charge in [0.05, 0.1) is 29.0 Å². The first kappa shape index (κ1) is 21.2. The van der Waals surface area contributed by atoms with Gasteiger partial charge in [0.25, 0.3) is 17.7 Å². The van der Waals surface area contributed by atoms with Crippen LogP contribution >= 0.6 is 0 Å². The number of hydrogen-bond acceptors (Lipinski definition) is 6. The van der Waals surface area contributed by atoms with Gasteiger partial charge < -0.3 is 14.8 Å². The van der Waals surface area contributed by atoms with E-state index in [0.29, 0.717) is 18.8 Å². The molecule has 0 unspecified atom stereocenters. The van der Waals surface area contributed by atoms with Crippen LogP contribution in [0.5, 0.6) is 0 Å². The second kappa shape index (κ2) is 8.87. The van der Waals surface area contributed by atoms with E-state index in [9.17, 15) is 19.2 Å². The highest BCUT2D eigenvalue weighted by Crippen LogP contribution is 2.31. The monoisotopic (exact) mass is 410 g/mol. The maximum absolute atomic E-state index is 12.9. The van der Waals surface area contributed by atoms with Crippen molar-refractivity contribution >= 4 is 29.4 Å². The summed E-state index contributed by atoms with van der Waals surface area (Å²) >= 11 is 0. The first-order valence-electron chi connectivity index (χ1n) is 9.41. The molecular formula is C22H22N2O6. The molecule has 1 heterocycles. The van der Waals surface area contributed by atoms with Crippen LogP contribution in [0.15, 0.2) is 42.5 Å². The number of aryl methyl sites for hydroxylation is 1. The first-order valence-corrected chi connectivity index (χ1v) is 9.41. The Kier molecular flexibility index (Phi) is 6.27. The van der Waals surface area contributed by atoms with Gasteiger partial charge in [-0.05, 0) is 43.7 Å². The molecule has 1 atom stereocenters. The van der Waals surface area contributed by atoms with Crippen LogP contribution in [0.1, 0.15) is 43.6 Å². The van der Waals surface area contributed by atoms with Crippen LogP contribution in [0.25, 0.3) is 0 Å². The summed E-state index contributed by atoms with van der Waals surface area (Å²) in [6, 6.07) is 11.2. The summed E-state index contributed by atoms with van der Waals surface area (Å²) in [7, 11) is 1.51. The summed E-state index contributed by atoms with van der Waals surface area (Å²) in [4.78, 5) is 51.1. The number of ether oxygens (including phenoxy) is 2. The predicted molar refractivity (Wildman–Crippen MR) is 109 cm³/mol. The number of imide groups is 1. The third-order valence-corrected chi connectivity index (χ3v) is 4.74. The normalized spacial score (nSPS) is 13.8. The summed E-state index contributed by atoms with van der Waals surface area (Å²) in [5, 5.41) is 2.58. The number of amides is 3. The third kappa shape index (κ3) is 4.08. The smallest absolute Gasteiger partial charge is 0.338 e. The van der Waals surface area contributed by atoms with Gasteiger partial charge in [0.2, 0.25) is 0 Å². The van der Waals surface area contributed by atoms with Gasteiger partial charge in [0.15, 0.2) is 6.10 Å². The van der Waals surface area contributed by atoms with Crippen molar-refractivity contribution in [2.24, 2.45) is 0 Å². The average Bonchev–Trinajstić information content (AvgIpc) is 2.98. The summed E-state index contributed by atoms with van der Waals surface area (Å²) < 4.78 is 10.0. The molecule has 1 aliphatic heterocycles. The Labute approximate surface area is 173 Å². The number of esters is 1. The van der Waals surface area contributed by atoms with E-state index in [1.165, 1.54) is 32.2 Å². The molecule has 0 bridgehead atoms. The molecule has 1 aliphatic rings. The Morgan fingerprint density at radius 1 is 1.07 bits per heavy atom. The molecule has 0 saturated heterocycles. The van der Waals surface area contributed by atoms with Gasteiger partial charge in [-0.3, -0.25) is 14.4 Å². The zero-order valence-corrected chi connectivity index (χ0v) is 16.9. The van der Waals surface area contributed by atoms with Gasteiger partial charge >= 0.3 is 5.97 Å². The number of hydrogen-bond donors (Lipinski definition) is 1. The quantitative estimate of drug-likeness (QED) is 0.426. The highest BCUT2D eigenvalue weighted by molar-refractivity contribution is 6.34. The standard InChI is InChI=1S/C22H22N2O6/c1-13-6-4-5-7-18(13)24-20(26)16-9-8-15(12-17(16)21(24)27)22(28)30-14(2)19(25)23-10-11-29-3/h4-9,12,14H,10-11H2,1-3H3,(H,23,25)/t14-/m0/s1. The van der Waals surface area contributed by atoms with E-state index in [-0.39, 0.29) is 16.7 Å². The minimum atomic E-state index is -1.02. The van der Waals surface area contributed by atoms with Gasteiger partial charge in [0, 0.05) is 13.7 Å². The van der Waals surface area contributed by atoms with Crippen molar-refractivity contribution in [3.8, 4) is 0 Å². The molecule has 0 radical (unpaired) electrons. The van der Waals surface area contributed by atoms with Crippen LogP contribution in [-0.4, -0.2) is 50.1 Å². The fourth-order valence-electron chi connectivity index (χ4n) is 3.10. The molecule has 2 aromatic rings. The minimum Gasteiger partial charge on any atom is -0.449 e. The number of nitrogens with one attached hydrogen (secondary N) is 1. The van der Waals surface area contributed by atoms with Gasteiger partial charge in [-0.15, -0.1) is 0 Å². The van der Waals surface area contributed by atoms with E-state index < -0.39 is 29.8 Å². The Bertz CT molecular complexity index is 1020. The van der Waals surface area contributed by atoms with Crippen molar-refractivity contribution in [1.82, 2.24) is 5.32 Å². The van der Waals surface area contributed by atoms with Crippen LogP contribution in [0.4, 0.5) is 5.69 Å². The van der Waals surface area contributed by atoms with Crippen molar-refractivity contribution in [1.29, 1.82) is 0 Å². The Balaban J connectivity index is 1.77. The van der Waals surface area contributed by atoms with Crippen molar-refractivity contribution in [3.05, 3.63) is 64.7 Å². The Morgan fingerprint density at radius 3 is 2.47 bits per heavy atom. The molecule has 3 rings (SSSR count). The van der Waals surface area contributed by atoms with Crippen molar-refractivity contribution in [2.45, 2.75) is 20.0 Å². The summed E-state index contributed by atoms with van der Waals surface area (Å²) in [5.41, 5.74) is 1.69. The molecule has 3 amide bonds. The second-order valence-corrected chi connectivity index (χ2v) is 6.82. The highest BCUT2D eigenvalue weighted by atomic mass is 16.5. The van der Waals surface area contributed by atoms with E-state index in [1.54, 1.807) is 25.1 Å². The van der Waals surface area contributed by atoms with E-state index in [2.05, 4.69) is 5.32 Å². The number of fused-ring (bicyclic) bond motifs is 1. The lowest BCUT2D eigenvalue weighted by atomic mass is 10.1. The molecule has 8 nitrogen and oxygen atoms in total. The van der Waals surface area contributed by atoms with Gasteiger partial charge in [-0.25, -0.2) is 9.69 Å². The van der Waals surface area contributed by atoms with Crippen LogP contribution in [0.2, 0.25) is 0 Å². The number of rotatable bonds is 7. The highest BCUT2D eigenvalue weighted by Gasteiger charge is 2.38. The molecule has 8 heteroatoms. The van der Waals surface area contributed by atoms with E-state index >= 15 is 0 Å². The average molecular weight is 410 g/mol. The SMILES string of the molecule is COCCNC(=O)[C@H](C)OC(=O)c1ccc2c(c1)C(=O)N(c1ccccc1C)C2=O. The fourth-order valence-corrected chi connectivity index (χ4v) is 3.10. The number of nitrogens with zero attached hydrogens (tertiary/aromatic N) is 1. The number of carbonyl (C=O) groups excluding carboxylic acids is 4. The van der Waals surface area contributed by atoms with E-state index in [0.717, 1.165) is 10.5 Å². The largest absolute Gasteiger partial charge is 0.449 e. The number of methoxy groups -OCH3 is 1. The third-order valence-electron chi connectivity index (χ3n) is 4.74. The van der Waals surface area contributed by atoms with Crippen LogP contribution < -0.4 is 10.2 Å². The maximum atomic E-state index is 12.9. The molecular weight excluding hydrogens is 388 g/mol. The summed E-state index contributed by atoms with van der Waals surface area (Å²) in [5.74, 6) is -2.18. The number of benzene rings is 2. The van der Waals surface area contributed by atoms with Gasteiger partial charge in [-0.2, -0.15) is 0 Å². The molecule has 0 aliphatic carbocycles. The molecule has 1 N–H and O–H groups in total. The molecule has 30 heavy (non-hydrogen) atoms. The van der Waals surface area contributed by atoms with Crippen LogP contribution in [0.3, 0.4) is 0 Å². The fraction of sp³-hybridized carbons (Fsp3) is 0.273. The van der Waals surface area contributed by atoms with Crippen LogP contribution in [0, 0.1) is 6.92 Å². The minimum absolute atomic E-state index is 0.0816. The number of anilines is 1. The lowest BCUT2D eigenvalue weighted by Gasteiger charge is -2.16. The van der Waals surface area contributed by atoms with Crippen LogP contribution in [-0.2, 0) is 14.3 Å². The molecule has 156 valence electrons. The summed E-state index contributed by atoms with van der Waals surface area (Å²) in [6.07, 6.45) is -1.02. The van der Waals surface area contributed by atoms with Gasteiger partial charge in [-0.1, -0.05) is 18.2 Å². The van der Waals surface area contributed by atoms with Crippen molar-refractivity contribution in [3.63, 3.8) is 0 Å². The van der Waals surface area contributed by atoms with E-state index in [1.807, 2.05) is 6.07 Å². The zero-order chi connectivity index (χ0) is 21.8. The molecule has 2 aromatic carbocycles. The zero-order valence-electron chi connectivity index (χ0n) is 16.9. The van der Waals surface area contributed by atoms with Gasteiger partial charge in [0.1, 0.15) is 0 Å². The number of carbonyl (C=O) groups is 4. The maximum Gasteiger partial charge on any atom is 0.338 e. The molecule has 0 aromatic heterocycles.